The Balaban J connectivity index is 1.84. The minimum atomic E-state index is -0.772. The second-order valence-electron chi connectivity index (χ2n) is 6.41. The zero-order chi connectivity index (χ0) is 18.2. The Hall–Kier alpha value is -1.23. The van der Waals surface area contributed by atoms with Gasteiger partial charge in [0.05, 0.1) is 12.7 Å². The molecule has 1 aromatic carbocycles. The first-order valence-electron chi connectivity index (χ1n) is 8.54. The van der Waals surface area contributed by atoms with Gasteiger partial charge >= 0.3 is 5.97 Å². The lowest BCUT2D eigenvalue weighted by molar-refractivity contribution is -0.137. The van der Waals surface area contributed by atoms with Gasteiger partial charge in [-0.2, -0.15) is 0 Å². The van der Waals surface area contributed by atoms with Crippen LogP contribution in [0.25, 0.3) is 0 Å². The maximum atomic E-state index is 10.5. The van der Waals surface area contributed by atoms with E-state index < -0.39 is 12.1 Å². The van der Waals surface area contributed by atoms with Crippen molar-refractivity contribution in [1.82, 2.24) is 0 Å². The van der Waals surface area contributed by atoms with E-state index in [0.717, 1.165) is 12.8 Å². The number of benzene rings is 1. The third kappa shape index (κ3) is 6.53. The van der Waals surface area contributed by atoms with Crippen LogP contribution in [0, 0.1) is 11.8 Å². The van der Waals surface area contributed by atoms with Crippen molar-refractivity contribution in [3.05, 3.63) is 41.4 Å². The fourth-order valence-corrected chi connectivity index (χ4v) is 3.84. The fraction of sp³-hybridized carbons (Fsp3) is 0.526. The molecule has 0 saturated heterocycles. The molecule has 1 fully saturated rings. The highest BCUT2D eigenvalue weighted by molar-refractivity contribution is 6.30. The number of unbranched alkanes of at least 4 members (excludes halogenated alkanes) is 1. The molecule has 0 amide bonds. The van der Waals surface area contributed by atoms with Gasteiger partial charge in [0.1, 0.15) is 5.75 Å². The highest BCUT2D eigenvalue weighted by Crippen LogP contribution is 2.39. The second-order valence-corrected chi connectivity index (χ2v) is 7.41. The lowest BCUT2D eigenvalue weighted by Crippen LogP contribution is -2.27. The molecule has 0 spiro atoms. The van der Waals surface area contributed by atoms with Crippen LogP contribution in [-0.4, -0.2) is 34.3 Å². The molecule has 6 heteroatoms. The first-order valence-corrected chi connectivity index (χ1v) is 9.36. The monoisotopic (exact) mass is 386 g/mol. The van der Waals surface area contributed by atoms with Crippen molar-refractivity contribution in [2.45, 2.75) is 43.6 Å². The summed E-state index contributed by atoms with van der Waals surface area (Å²) >= 11 is 12.4. The summed E-state index contributed by atoms with van der Waals surface area (Å²) in [5.74, 6) is 0.00350. The number of hydrogen-bond acceptors (Lipinski definition) is 3. The van der Waals surface area contributed by atoms with Crippen LogP contribution in [0.1, 0.15) is 32.1 Å². The number of alkyl halides is 1. The highest BCUT2D eigenvalue weighted by Gasteiger charge is 2.41. The molecule has 2 N–H and O–H groups in total. The van der Waals surface area contributed by atoms with Gasteiger partial charge in [-0.15, -0.1) is 11.6 Å². The molecular formula is C19H24Cl2O4. The van der Waals surface area contributed by atoms with E-state index in [1.54, 1.807) is 12.1 Å². The SMILES string of the molecule is O=C(O)CCC/C=C\C[C@@H]1[C@@H](COc2cccc(Cl)c2)[C@H](O)C[C@@H]1Cl. The van der Waals surface area contributed by atoms with Crippen molar-refractivity contribution in [2.24, 2.45) is 11.8 Å². The largest absolute Gasteiger partial charge is 0.493 e. The van der Waals surface area contributed by atoms with Crippen LogP contribution in [-0.2, 0) is 4.79 Å². The Morgan fingerprint density at radius 2 is 2.12 bits per heavy atom. The van der Waals surface area contributed by atoms with E-state index >= 15 is 0 Å². The number of carbonyl (C=O) groups is 1. The molecule has 1 aliphatic rings. The van der Waals surface area contributed by atoms with Crippen molar-refractivity contribution < 1.29 is 19.7 Å². The summed E-state index contributed by atoms with van der Waals surface area (Å²) < 4.78 is 5.80. The number of halogens is 2. The van der Waals surface area contributed by atoms with E-state index in [1.165, 1.54) is 0 Å². The number of hydrogen-bond donors (Lipinski definition) is 2. The maximum absolute atomic E-state index is 10.5. The van der Waals surface area contributed by atoms with E-state index in [0.29, 0.717) is 30.2 Å². The number of aliphatic carboxylic acids is 1. The summed E-state index contributed by atoms with van der Waals surface area (Å²) in [5, 5.41) is 19.4. The van der Waals surface area contributed by atoms with Crippen LogP contribution in [0.3, 0.4) is 0 Å². The summed E-state index contributed by atoms with van der Waals surface area (Å²) in [6.07, 6.45) is 6.40. The Morgan fingerprint density at radius 3 is 2.84 bits per heavy atom. The van der Waals surface area contributed by atoms with Crippen LogP contribution in [0.4, 0.5) is 0 Å². The van der Waals surface area contributed by atoms with Crippen LogP contribution >= 0.6 is 23.2 Å². The molecule has 4 nitrogen and oxygen atoms in total. The van der Waals surface area contributed by atoms with E-state index in [9.17, 15) is 9.90 Å². The smallest absolute Gasteiger partial charge is 0.303 e. The number of aliphatic hydroxyl groups is 1. The maximum Gasteiger partial charge on any atom is 0.303 e. The minimum absolute atomic E-state index is 0.0369. The summed E-state index contributed by atoms with van der Waals surface area (Å²) in [5.41, 5.74) is 0. The molecule has 2 rings (SSSR count). The summed E-state index contributed by atoms with van der Waals surface area (Å²) in [6.45, 7) is 0.391. The number of carboxylic acid groups (broad SMARTS) is 1. The highest BCUT2D eigenvalue weighted by atomic mass is 35.5. The third-order valence-electron chi connectivity index (χ3n) is 4.55. The van der Waals surface area contributed by atoms with Gasteiger partial charge in [0.25, 0.3) is 0 Å². The molecule has 25 heavy (non-hydrogen) atoms. The lowest BCUT2D eigenvalue weighted by atomic mass is 9.92. The predicted molar refractivity (Wildman–Crippen MR) is 99.4 cm³/mol. The van der Waals surface area contributed by atoms with Crippen LogP contribution in [0.2, 0.25) is 5.02 Å². The molecule has 0 heterocycles. The van der Waals surface area contributed by atoms with Crippen molar-refractivity contribution in [3.8, 4) is 5.75 Å². The van der Waals surface area contributed by atoms with E-state index in [-0.39, 0.29) is 23.6 Å². The third-order valence-corrected chi connectivity index (χ3v) is 5.29. The van der Waals surface area contributed by atoms with E-state index in [1.807, 2.05) is 24.3 Å². The molecule has 0 bridgehead atoms. The molecule has 0 aromatic heterocycles. The van der Waals surface area contributed by atoms with Gasteiger partial charge in [0, 0.05) is 22.7 Å². The van der Waals surface area contributed by atoms with Gasteiger partial charge < -0.3 is 14.9 Å². The molecule has 1 aromatic rings. The number of carboxylic acids is 1. The van der Waals surface area contributed by atoms with Gasteiger partial charge in [-0.05, 0) is 49.8 Å². The molecular weight excluding hydrogens is 363 g/mol. The van der Waals surface area contributed by atoms with Gasteiger partial charge in [0.2, 0.25) is 0 Å². The molecule has 138 valence electrons. The van der Waals surface area contributed by atoms with Gasteiger partial charge in [-0.3, -0.25) is 4.79 Å². The fourth-order valence-electron chi connectivity index (χ4n) is 3.18. The zero-order valence-corrected chi connectivity index (χ0v) is 15.5. The summed E-state index contributed by atoms with van der Waals surface area (Å²) in [6, 6.07) is 7.19. The van der Waals surface area contributed by atoms with Crippen LogP contribution in [0.5, 0.6) is 5.75 Å². The Morgan fingerprint density at radius 1 is 1.32 bits per heavy atom. The molecule has 4 atom stereocenters. The molecule has 0 radical (unpaired) electrons. The number of rotatable bonds is 9. The Kier molecular flexibility index (Phi) is 8.07. The average molecular weight is 387 g/mol. The molecule has 0 unspecified atom stereocenters. The van der Waals surface area contributed by atoms with Crippen molar-refractivity contribution in [1.29, 1.82) is 0 Å². The first kappa shape index (κ1) is 20.1. The van der Waals surface area contributed by atoms with Crippen molar-refractivity contribution >= 4 is 29.2 Å². The van der Waals surface area contributed by atoms with Crippen LogP contribution in [0.15, 0.2) is 36.4 Å². The zero-order valence-electron chi connectivity index (χ0n) is 14.0. The van der Waals surface area contributed by atoms with Gasteiger partial charge in [-0.25, -0.2) is 0 Å². The number of ether oxygens (including phenoxy) is 1. The standard InChI is InChI=1S/C19H24Cl2O4/c20-13-6-5-7-14(10-13)25-12-16-15(17(21)11-18(16)22)8-3-1-2-4-9-19(23)24/h1,3,5-7,10,15-18,22H,2,4,8-9,11-12H2,(H,23,24)/b3-1-/t15-,16-,17+,18-/m1/s1. The Bertz CT molecular complexity index is 591. The quantitative estimate of drug-likeness (QED) is 0.371. The van der Waals surface area contributed by atoms with Crippen molar-refractivity contribution in [3.63, 3.8) is 0 Å². The van der Waals surface area contributed by atoms with E-state index in [4.69, 9.17) is 33.0 Å². The first-order chi connectivity index (χ1) is 12.0. The van der Waals surface area contributed by atoms with Gasteiger partial charge in [-0.1, -0.05) is 29.8 Å². The molecule has 1 aliphatic carbocycles. The lowest BCUT2D eigenvalue weighted by Gasteiger charge is -2.22. The van der Waals surface area contributed by atoms with Gasteiger partial charge in [0.15, 0.2) is 0 Å². The topological polar surface area (TPSA) is 66.8 Å². The van der Waals surface area contributed by atoms with Crippen LogP contribution < -0.4 is 4.74 Å². The normalized spacial score (nSPS) is 26.2. The predicted octanol–water partition coefficient (Wildman–Crippen LogP) is 4.52. The van der Waals surface area contributed by atoms with E-state index in [2.05, 4.69) is 0 Å². The number of aliphatic hydroxyl groups excluding tert-OH is 1. The minimum Gasteiger partial charge on any atom is -0.493 e. The van der Waals surface area contributed by atoms with Crippen molar-refractivity contribution in [2.75, 3.05) is 6.61 Å². The summed E-state index contributed by atoms with van der Waals surface area (Å²) in [7, 11) is 0. The summed E-state index contributed by atoms with van der Waals surface area (Å²) in [4.78, 5) is 10.5. The molecule has 1 saturated carbocycles. The Labute approximate surface area is 158 Å². The molecule has 0 aliphatic heterocycles. The number of allylic oxidation sites excluding steroid dienone is 2. The second kappa shape index (κ2) is 10.0. The average Bonchev–Trinajstić information content (AvgIpc) is 2.82.